The summed E-state index contributed by atoms with van der Waals surface area (Å²) in [7, 11) is 0. The number of rotatable bonds is 3. The maximum absolute atomic E-state index is 5.88. The van der Waals surface area contributed by atoms with Gasteiger partial charge in [-0.1, -0.05) is 0 Å². The van der Waals surface area contributed by atoms with Crippen molar-refractivity contribution in [1.82, 2.24) is 9.97 Å². The smallest absolute Gasteiger partial charge is 0.224 e. The number of nitrogen functional groups attached to an aromatic ring is 1. The number of nitrogens with one attached hydrogen (secondary N) is 1. The Balaban J connectivity index is 2.02. The van der Waals surface area contributed by atoms with Gasteiger partial charge in [-0.05, 0) is 42.4 Å². The van der Waals surface area contributed by atoms with Crippen molar-refractivity contribution < 1.29 is 0 Å². The molecule has 2 heterocycles. The number of nitrogens with zero attached hydrogens (tertiary/aromatic N) is 2. The van der Waals surface area contributed by atoms with E-state index in [1.807, 2.05) is 18.7 Å². The topological polar surface area (TPSA) is 63.8 Å². The second-order valence-corrected chi connectivity index (χ2v) is 5.44. The van der Waals surface area contributed by atoms with Crippen LogP contribution >= 0.6 is 23.4 Å². The van der Waals surface area contributed by atoms with Gasteiger partial charge < -0.3 is 11.1 Å². The zero-order valence-corrected chi connectivity index (χ0v) is 10.7. The molecule has 1 atom stereocenters. The molecular weight excluding hydrogens is 244 g/mol. The summed E-state index contributed by atoms with van der Waals surface area (Å²) in [6.45, 7) is 2.74. The molecule has 0 aromatic carbocycles. The Hall–Kier alpha value is -0.680. The normalized spacial score (nSPS) is 20.0. The predicted octanol–water partition coefficient (Wildman–Crippen LogP) is 2.19. The number of halogens is 1. The zero-order valence-electron chi connectivity index (χ0n) is 9.16. The first kappa shape index (κ1) is 11.8. The minimum atomic E-state index is 0.245. The van der Waals surface area contributed by atoms with Crippen molar-refractivity contribution in [3.8, 4) is 0 Å². The number of hydrogen-bond donors (Lipinski definition) is 2. The van der Waals surface area contributed by atoms with E-state index in [9.17, 15) is 0 Å². The van der Waals surface area contributed by atoms with Crippen molar-refractivity contribution in [2.45, 2.75) is 13.3 Å². The van der Waals surface area contributed by atoms with Crippen molar-refractivity contribution in [2.24, 2.45) is 5.92 Å². The summed E-state index contributed by atoms with van der Waals surface area (Å²) in [5.41, 5.74) is 7.20. The Morgan fingerprint density at radius 2 is 2.38 bits per heavy atom. The van der Waals surface area contributed by atoms with Crippen LogP contribution in [-0.4, -0.2) is 28.0 Å². The van der Waals surface area contributed by atoms with Gasteiger partial charge in [0, 0.05) is 6.54 Å². The summed E-state index contributed by atoms with van der Waals surface area (Å²) in [6, 6.07) is 0. The standard InChI is InChI=1S/C10H15ClN4S/c1-6-8(12)9(15-10(11)14-6)13-4-7-2-3-16-5-7/h7H,2-5,12H2,1H3,(H,13,14,15). The molecule has 3 N–H and O–H groups in total. The average molecular weight is 259 g/mol. The van der Waals surface area contributed by atoms with E-state index in [0.717, 1.165) is 12.2 Å². The first-order chi connectivity index (χ1) is 7.66. The lowest BCUT2D eigenvalue weighted by Crippen LogP contribution is -2.16. The van der Waals surface area contributed by atoms with E-state index >= 15 is 0 Å². The fourth-order valence-electron chi connectivity index (χ4n) is 1.67. The summed E-state index contributed by atoms with van der Waals surface area (Å²) >= 11 is 7.79. The number of anilines is 2. The Kier molecular flexibility index (Phi) is 3.76. The number of nitrogens with two attached hydrogens (primary N) is 1. The van der Waals surface area contributed by atoms with E-state index in [1.54, 1.807) is 0 Å². The largest absolute Gasteiger partial charge is 0.394 e. The van der Waals surface area contributed by atoms with Gasteiger partial charge in [-0.25, -0.2) is 4.98 Å². The minimum Gasteiger partial charge on any atom is -0.394 e. The molecule has 2 rings (SSSR count). The third-order valence-corrected chi connectivity index (χ3v) is 4.09. The van der Waals surface area contributed by atoms with Gasteiger partial charge in [-0.2, -0.15) is 16.7 Å². The monoisotopic (exact) mass is 258 g/mol. The number of aromatic nitrogens is 2. The lowest BCUT2D eigenvalue weighted by Gasteiger charge is -2.13. The summed E-state index contributed by atoms with van der Waals surface area (Å²) < 4.78 is 0. The summed E-state index contributed by atoms with van der Waals surface area (Å²) in [6.07, 6.45) is 1.26. The molecule has 0 amide bonds. The molecule has 16 heavy (non-hydrogen) atoms. The van der Waals surface area contributed by atoms with Gasteiger partial charge in [-0.15, -0.1) is 0 Å². The Morgan fingerprint density at radius 3 is 3.06 bits per heavy atom. The fraction of sp³-hybridized carbons (Fsp3) is 0.600. The molecular formula is C10H15ClN4S. The molecule has 1 aromatic heterocycles. The first-order valence-corrected chi connectivity index (χ1v) is 6.81. The zero-order chi connectivity index (χ0) is 11.5. The van der Waals surface area contributed by atoms with Crippen LogP contribution in [0, 0.1) is 12.8 Å². The van der Waals surface area contributed by atoms with Gasteiger partial charge in [0.15, 0.2) is 5.82 Å². The molecule has 1 aliphatic rings. The van der Waals surface area contributed by atoms with Crippen LogP contribution in [0.25, 0.3) is 0 Å². The fourth-order valence-corrected chi connectivity index (χ4v) is 3.16. The number of hydrogen-bond acceptors (Lipinski definition) is 5. The van der Waals surface area contributed by atoms with Crippen LogP contribution in [-0.2, 0) is 0 Å². The van der Waals surface area contributed by atoms with Crippen LogP contribution < -0.4 is 11.1 Å². The maximum Gasteiger partial charge on any atom is 0.224 e. The molecule has 0 spiro atoms. The summed E-state index contributed by atoms with van der Waals surface area (Å²) in [5, 5.41) is 3.51. The van der Waals surface area contributed by atoms with Gasteiger partial charge in [-0.3, -0.25) is 0 Å². The summed E-state index contributed by atoms with van der Waals surface area (Å²) in [5.74, 6) is 3.84. The second-order valence-electron chi connectivity index (χ2n) is 3.95. The van der Waals surface area contributed by atoms with Crippen molar-refractivity contribution >= 4 is 34.9 Å². The SMILES string of the molecule is Cc1nc(Cl)nc(NCC2CCSC2)c1N. The van der Waals surface area contributed by atoms with Crippen LogP contribution in [0.3, 0.4) is 0 Å². The van der Waals surface area contributed by atoms with Crippen molar-refractivity contribution in [2.75, 3.05) is 29.1 Å². The molecule has 1 aromatic rings. The van der Waals surface area contributed by atoms with Crippen molar-refractivity contribution in [3.05, 3.63) is 11.0 Å². The van der Waals surface area contributed by atoms with Crippen LogP contribution in [0.1, 0.15) is 12.1 Å². The third kappa shape index (κ3) is 2.71. The molecule has 0 radical (unpaired) electrons. The molecule has 0 saturated carbocycles. The third-order valence-electron chi connectivity index (χ3n) is 2.69. The number of thioether (sulfide) groups is 1. The number of aryl methyl sites for hydroxylation is 1. The highest BCUT2D eigenvalue weighted by Crippen LogP contribution is 2.25. The molecule has 0 bridgehead atoms. The Labute approximate surface area is 104 Å². The lowest BCUT2D eigenvalue weighted by atomic mass is 10.1. The molecule has 4 nitrogen and oxygen atoms in total. The van der Waals surface area contributed by atoms with Gasteiger partial charge in [0.2, 0.25) is 5.28 Å². The van der Waals surface area contributed by atoms with Crippen molar-refractivity contribution in [1.29, 1.82) is 0 Å². The van der Waals surface area contributed by atoms with E-state index in [0.29, 0.717) is 17.4 Å². The van der Waals surface area contributed by atoms with Crippen molar-refractivity contribution in [3.63, 3.8) is 0 Å². The maximum atomic E-state index is 5.88. The van der Waals surface area contributed by atoms with E-state index in [4.69, 9.17) is 17.3 Å². The Morgan fingerprint density at radius 1 is 1.56 bits per heavy atom. The van der Waals surface area contributed by atoms with Crippen LogP contribution in [0.5, 0.6) is 0 Å². The highest BCUT2D eigenvalue weighted by molar-refractivity contribution is 7.99. The van der Waals surface area contributed by atoms with Crippen LogP contribution in [0.15, 0.2) is 0 Å². The summed E-state index contributed by atoms with van der Waals surface area (Å²) in [4.78, 5) is 8.10. The van der Waals surface area contributed by atoms with Crippen LogP contribution in [0.4, 0.5) is 11.5 Å². The van der Waals surface area contributed by atoms with E-state index < -0.39 is 0 Å². The Bertz CT molecular complexity index is 379. The van der Waals surface area contributed by atoms with Gasteiger partial charge >= 0.3 is 0 Å². The highest BCUT2D eigenvalue weighted by atomic mass is 35.5. The molecule has 88 valence electrons. The molecule has 0 aliphatic carbocycles. The predicted molar refractivity (Wildman–Crippen MR) is 70.1 cm³/mol. The molecule has 1 saturated heterocycles. The van der Waals surface area contributed by atoms with E-state index in [-0.39, 0.29) is 5.28 Å². The van der Waals surface area contributed by atoms with Crippen LogP contribution in [0.2, 0.25) is 5.28 Å². The molecule has 6 heteroatoms. The minimum absolute atomic E-state index is 0.245. The average Bonchev–Trinajstić information content (AvgIpc) is 2.74. The van der Waals surface area contributed by atoms with E-state index in [2.05, 4.69) is 15.3 Å². The molecule has 1 fully saturated rings. The molecule has 1 unspecified atom stereocenters. The quantitative estimate of drug-likeness (QED) is 0.814. The van der Waals surface area contributed by atoms with Gasteiger partial charge in [0.1, 0.15) is 0 Å². The molecule has 1 aliphatic heterocycles. The van der Waals surface area contributed by atoms with E-state index in [1.165, 1.54) is 17.9 Å². The van der Waals surface area contributed by atoms with Gasteiger partial charge in [0.25, 0.3) is 0 Å². The van der Waals surface area contributed by atoms with Gasteiger partial charge in [0.05, 0.1) is 11.4 Å². The second kappa shape index (κ2) is 5.10. The first-order valence-electron chi connectivity index (χ1n) is 5.28. The highest BCUT2D eigenvalue weighted by Gasteiger charge is 2.16. The lowest BCUT2D eigenvalue weighted by molar-refractivity contribution is 0.630.